The first-order chi connectivity index (χ1) is 11.9. The SMILES string of the molecule is CCCCCCCCCCCCCCCC=CC1=NCCN1CC. The van der Waals surface area contributed by atoms with E-state index in [0.29, 0.717) is 0 Å². The van der Waals surface area contributed by atoms with Gasteiger partial charge in [0.1, 0.15) is 5.84 Å². The number of allylic oxidation sites excluding steroid dienone is 1. The van der Waals surface area contributed by atoms with Crippen LogP contribution in [0.4, 0.5) is 0 Å². The van der Waals surface area contributed by atoms with Gasteiger partial charge in [-0.3, -0.25) is 4.99 Å². The molecular formula is C22H42N2. The molecule has 0 unspecified atom stereocenters. The number of nitrogens with zero attached hydrogens (tertiary/aromatic N) is 2. The Morgan fingerprint density at radius 2 is 1.33 bits per heavy atom. The molecule has 24 heavy (non-hydrogen) atoms. The van der Waals surface area contributed by atoms with Gasteiger partial charge in [0.05, 0.1) is 6.54 Å². The third-order valence-electron chi connectivity index (χ3n) is 5.09. The highest BCUT2D eigenvalue weighted by Crippen LogP contribution is 2.13. The summed E-state index contributed by atoms with van der Waals surface area (Å²) in [5.74, 6) is 1.20. The fraction of sp³-hybridized carbons (Fsp3) is 0.864. The van der Waals surface area contributed by atoms with E-state index in [4.69, 9.17) is 0 Å². The minimum Gasteiger partial charge on any atom is -0.355 e. The molecule has 0 aliphatic carbocycles. The highest BCUT2D eigenvalue weighted by molar-refractivity contribution is 5.94. The summed E-state index contributed by atoms with van der Waals surface area (Å²) in [6, 6.07) is 0. The number of rotatable bonds is 16. The van der Waals surface area contributed by atoms with Gasteiger partial charge in [0.25, 0.3) is 0 Å². The summed E-state index contributed by atoms with van der Waals surface area (Å²) in [6.45, 7) is 7.67. The van der Waals surface area contributed by atoms with E-state index in [9.17, 15) is 0 Å². The first-order valence-corrected chi connectivity index (χ1v) is 10.8. The van der Waals surface area contributed by atoms with Crippen LogP contribution in [0.25, 0.3) is 0 Å². The van der Waals surface area contributed by atoms with Gasteiger partial charge in [-0.2, -0.15) is 0 Å². The average Bonchev–Trinajstić information content (AvgIpc) is 3.06. The molecule has 0 saturated carbocycles. The first kappa shape index (κ1) is 21.3. The monoisotopic (exact) mass is 334 g/mol. The van der Waals surface area contributed by atoms with Crippen LogP contribution >= 0.6 is 0 Å². The van der Waals surface area contributed by atoms with Crippen LogP contribution in [0.15, 0.2) is 17.1 Å². The van der Waals surface area contributed by atoms with Crippen molar-refractivity contribution in [1.82, 2.24) is 4.90 Å². The number of unbranched alkanes of at least 4 members (excludes halogenated alkanes) is 13. The van der Waals surface area contributed by atoms with E-state index in [1.807, 2.05) is 0 Å². The molecule has 0 aromatic rings. The number of aliphatic imine (C=N–C) groups is 1. The van der Waals surface area contributed by atoms with Crippen molar-refractivity contribution in [2.45, 2.75) is 104 Å². The van der Waals surface area contributed by atoms with E-state index >= 15 is 0 Å². The molecule has 0 fully saturated rings. The zero-order valence-corrected chi connectivity index (χ0v) is 16.6. The van der Waals surface area contributed by atoms with Crippen LogP contribution < -0.4 is 0 Å². The molecule has 1 aliphatic rings. The molecule has 1 heterocycles. The Balaban J connectivity index is 1.79. The van der Waals surface area contributed by atoms with E-state index < -0.39 is 0 Å². The summed E-state index contributed by atoms with van der Waals surface area (Å²) < 4.78 is 0. The minimum atomic E-state index is 0.978. The molecule has 0 spiro atoms. The van der Waals surface area contributed by atoms with Gasteiger partial charge < -0.3 is 4.90 Å². The van der Waals surface area contributed by atoms with Crippen molar-refractivity contribution in [3.05, 3.63) is 12.2 Å². The molecule has 0 atom stereocenters. The summed E-state index contributed by atoms with van der Waals surface area (Å²) in [7, 11) is 0. The van der Waals surface area contributed by atoms with Crippen LogP contribution in [-0.2, 0) is 0 Å². The molecule has 0 amide bonds. The lowest BCUT2D eigenvalue weighted by Crippen LogP contribution is -2.25. The van der Waals surface area contributed by atoms with Crippen molar-refractivity contribution in [2.75, 3.05) is 19.6 Å². The maximum absolute atomic E-state index is 4.55. The lowest BCUT2D eigenvalue weighted by Gasteiger charge is -2.14. The number of hydrogen-bond donors (Lipinski definition) is 0. The average molecular weight is 335 g/mol. The fourth-order valence-corrected chi connectivity index (χ4v) is 3.45. The van der Waals surface area contributed by atoms with Gasteiger partial charge in [0.15, 0.2) is 0 Å². The Bertz CT molecular complexity index is 333. The third kappa shape index (κ3) is 10.9. The van der Waals surface area contributed by atoms with Gasteiger partial charge in [-0.1, -0.05) is 90.0 Å². The Kier molecular flexibility index (Phi) is 13.9. The molecule has 1 aliphatic heterocycles. The van der Waals surface area contributed by atoms with Crippen molar-refractivity contribution in [3.63, 3.8) is 0 Å². The van der Waals surface area contributed by atoms with Gasteiger partial charge >= 0.3 is 0 Å². The van der Waals surface area contributed by atoms with Crippen LogP contribution in [-0.4, -0.2) is 30.4 Å². The van der Waals surface area contributed by atoms with E-state index in [2.05, 4.69) is 35.9 Å². The molecule has 2 heteroatoms. The van der Waals surface area contributed by atoms with Crippen molar-refractivity contribution in [3.8, 4) is 0 Å². The zero-order chi connectivity index (χ0) is 17.3. The Morgan fingerprint density at radius 3 is 1.88 bits per heavy atom. The second-order valence-electron chi connectivity index (χ2n) is 7.25. The minimum absolute atomic E-state index is 0.978. The summed E-state index contributed by atoms with van der Waals surface area (Å²) in [6.07, 6.45) is 24.4. The van der Waals surface area contributed by atoms with Crippen molar-refractivity contribution in [2.24, 2.45) is 4.99 Å². The van der Waals surface area contributed by atoms with E-state index in [-0.39, 0.29) is 0 Å². The quantitative estimate of drug-likeness (QED) is 0.285. The summed E-state index contributed by atoms with van der Waals surface area (Å²) in [5, 5.41) is 0. The molecule has 0 radical (unpaired) electrons. The molecule has 2 nitrogen and oxygen atoms in total. The van der Waals surface area contributed by atoms with Gasteiger partial charge in [0.2, 0.25) is 0 Å². The zero-order valence-electron chi connectivity index (χ0n) is 16.6. The predicted molar refractivity (Wildman–Crippen MR) is 109 cm³/mol. The second-order valence-corrected chi connectivity index (χ2v) is 7.25. The number of likely N-dealkylation sites (N-methyl/N-ethyl adjacent to an activating group) is 1. The maximum atomic E-state index is 4.55. The topological polar surface area (TPSA) is 15.6 Å². The smallest absolute Gasteiger partial charge is 0.123 e. The van der Waals surface area contributed by atoms with Gasteiger partial charge in [-0.05, 0) is 25.8 Å². The summed E-state index contributed by atoms with van der Waals surface area (Å²) in [5.41, 5.74) is 0. The first-order valence-electron chi connectivity index (χ1n) is 10.8. The summed E-state index contributed by atoms with van der Waals surface area (Å²) >= 11 is 0. The molecule has 0 aromatic heterocycles. The van der Waals surface area contributed by atoms with Crippen LogP contribution in [0.1, 0.15) is 104 Å². The van der Waals surface area contributed by atoms with Gasteiger partial charge in [-0.15, -0.1) is 0 Å². The summed E-state index contributed by atoms with van der Waals surface area (Å²) in [4.78, 5) is 6.91. The lowest BCUT2D eigenvalue weighted by molar-refractivity contribution is 0.485. The molecule has 0 bridgehead atoms. The van der Waals surface area contributed by atoms with Gasteiger partial charge in [0, 0.05) is 13.1 Å². The molecule has 0 saturated heterocycles. The molecular weight excluding hydrogens is 292 g/mol. The third-order valence-corrected chi connectivity index (χ3v) is 5.09. The van der Waals surface area contributed by atoms with Crippen LogP contribution in [0.3, 0.4) is 0 Å². The maximum Gasteiger partial charge on any atom is 0.123 e. The highest BCUT2D eigenvalue weighted by Gasteiger charge is 2.10. The predicted octanol–water partition coefficient (Wildman–Crippen LogP) is 6.76. The van der Waals surface area contributed by atoms with E-state index in [0.717, 1.165) is 19.6 Å². The van der Waals surface area contributed by atoms with Crippen molar-refractivity contribution in [1.29, 1.82) is 0 Å². The van der Waals surface area contributed by atoms with E-state index in [1.54, 1.807) is 0 Å². The van der Waals surface area contributed by atoms with Crippen molar-refractivity contribution < 1.29 is 0 Å². The van der Waals surface area contributed by atoms with Crippen molar-refractivity contribution >= 4 is 5.84 Å². The highest BCUT2D eigenvalue weighted by atomic mass is 15.2. The molecule has 0 N–H and O–H groups in total. The Hall–Kier alpha value is -0.790. The number of hydrogen-bond acceptors (Lipinski definition) is 2. The fourth-order valence-electron chi connectivity index (χ4n) is 3.45. The standard InChI is InChI=1S/C22H42N2/c1-3-5-6-7-8-9-10-11-12-13-14-15-16-17-18-19-22-23-20-21-24(22)4-2/h18-19H,3-17,20-21H2,1-2H3. The Morgan fingerprint density at radius 1 is 0.792 bits per heavy atom. The van der Waals surface area contributed by atoms with E-state index in [1.165, 1.54) is 95.7 Å². The van der Waals surface area contributed by atoms with Gasteiger partial charge in [-0.25, -0.2) is 0 Å². The molecule has 140 valence electrons. The van der Waals surface area contributed by atoms with Crippen LogP contribution in [0, 0.1) is 0 Å². The lowest BCUT2D eigenvalue weighted by atomic mass is 10.0. The molecule has 0 aromatic carbocycles. The Labute approximate surface area is 151 Å². The van der Waals surface area contributed by atoms with Crippen LogP contribution in [0.2, 0.25) is 0 Å². The second kappa shape index (κ2) is 15.7. The van der Waals surface area contributed by atoms with Crippen LogP contribution in [0.5, 0.6) is 0 Å². The largest absolute Gasteiger partial charge is 0.355 e. The number of amidine groups is 1. The molecule has 1 rings (SSSR count). The normalized spacial score (nSPS) is 14.8.